The van der Waals surface area contributed by atoms with Crippen LogP contribution in [0.5, 0.6) is 0 Å². The second kappa shape index (κ2) is 5.82. The quantitative estimate of drug-likeness (QED) is 0.873. The Bertz CT molecular complexity index is 572. The average Bonchev–Trinajstić information content (AvgIpc) is 2.67. The van der Waals surface area contributed by atoms with Crippen LogP contribution in [0.15, 0.2) is 10.6 Å². The number of nitrogens with zero attached hydrogens (tertiary/aromatic N) is 2. The van der Waals surface area contributed by atoms with Crippen LogP contribution in [0.25, 0.3) is 0 Å². The van der Waals surface area contributed by atoms with Gasteiger partial charge in [-0.3, -0.25) is 4.79 Å². The van der Waals surface area contributed by atoms with E-state index in [4.69, 9.17) is 4.52 Å². The highest BCUT2D eigenvalue weighted by molar-refractivity contribution is 7.92. The van der Waals surface area contributed by atoms with Crippen molar-refractivity contribution in [3.8, 4) is 0 Å². The highest BCUT2D eigenvalue weighted by Gasteiger charge is 2.23. The molecule has 0 saturated carbocycles. The van der Waals surface area contributed by atoms with Gasteiger partial charge in [-0.15, -0.1) is 0 Å². The lowest BCUT2D eigenvalue weighted by atomic mass is 9.96. The Morgan fingerprint density at radius 3 is 2.45 bits per heavy atom. The zero-order valence-corrected chi connectivity index (χ0v) is 13.2. The highest BCUT2D eigenvalue weighted by atomic mass is 32.2. The molecule has 1 aromatic rings. The largest absolute Gasteiger partial charge is 0.360 e. The molecule has 0 unspecified atom stereocenters. The summed E-state index contributed by atoms with van der Waals surface area (Å²) in [5.74, 6) is 0.602. The van der Waals surface area contributed by atoms with E-state index in [-0.39, 0.29) is 24.8 Å². The van der Waals surface area contributed by atoms with E-state index < -0.39 is 15.4 Å². The first kappa shape index (κ1) is 16.5. The number of amides is 1. The van der Waals surface area contributed by atoms with Gasteiger partial charge >= 0.3 is 0 Å². The average molecular weight is 303 g/mol. The van der Waals surface area contributed by atoms with E-state index in [1.54, 1.807) is 27.7 Å². The number of carbonyl (C=O) groups excluding carboxylic acids is 1. The third kappa shape index (κ3) is 4.52. The van der Waals surface area contributed by atoms with Crippen molar-refractivity contribution in [1.82, 2.24) is 10.5 Å². The summed E-state index contributed by atoms with van der Waals surface area (Å²) >= 11 is 0. The number of aryl methyl sites for hydroxylation is 1. The number of aromatic nitrogens is 1. The number of sulfonamides is 1. The fourth-order valence-electron chi connectivity index (χ4n) is 1.46. The summed E-state index contributed by atoms with van der Waals surface area (Å²) in [6.07, 6.45) is 1.09. The van der Waals surface area contributed by atoms with Crippen molar-refractivity contribution < 1.29 is 17.7 Å². The summed E-state index contributed by atoms with van der Waals surface area (Å²) in [5.41, 5.74) is -0.513. The fraction of sp³-hybridized carbons (Fsp3) is 0.667. The topological polar surface area (TPSA) is 92.5 Å². The van der Waals surface area contributed by atoms with Crippen LogP contribution >= 0.6 is 0 Å². The lowest BCUT2D eigenvalue weighted by molar-refractivity contribution is -0.128. The first-order valence-electron chi connectivity index (χ1n) is 6.21. The molecule has 1 rings (SSSR count). The van der Waals surface area contributed by atoms with Gasteiger partial charge in [-0.2, -0.15) is 0 Å². The summed E-state index contributed by atoms with van der Waals surface area (Å²) in [7, 11) is -3.48. The minimum absolute atomic E-state index is 0.104. The number of anilines is 1. The molecule has 0 aliphatic heterocycles. The van der Waals surface area contributed by atoms with E-state index in [0.29, 0.717) is 5.76 Å². The Balaban J connectivity index is 2.72. The molecule has 0 bridgehead atoms. The molecule has 0 radical (unpaired) electrons. The smallest absolute Gasteiger partial charge is 0.233 e. The molecular formula is C12H21N3O4S. The molecular weight excluding hydrogens is 282 g/mol. The molecule has 0 atom stereocenters. The fourth-order valence-corrected chi connectivity index (χ4v) is 2.31. The molecule has 114 valence electrons. The summed E-state index contributed by atoms with van der Waals surface area (Å²) in [4.78, 5) is 11.7. The number of nitrogens with one attached hydrogen (secondary N) is 1. The van der Waals surface area contributed by atoms with Gasteiger partial charge < -0.3 is 9.84 Å². The van der Waals surface area contributed by atoms with Crippen LogP contribution in [0.2, 0.25) is 0 Å². The second-order valence-electron chi connectivity index (χ2n) is 5.64. The Hall–Kier alpha value is -1.57. The third-order valence-corrected chi connectivity index (χ3v) is 3.72. The molecule has 1 aromatic heterocycles. The minimum atomic E-state index is -3.48. The number of hydrogen-bond acceptors (Lipinski definition) is 5. The van der Waals surface area contributed by atoms with Gasteiger partial charge in [0.15, 0.2) is 5.82 Å². The van der Waals surface area contributed by atoms with Crippen molar-refractivity contribution in [3.05, 3.63) is 11.8 Å². The zero-order chi connectivity index (χ0) is 15.6. The Morgan fingerprint density at radius 2 is 2.05 bits per heavy atom. The lowest BCUT2D eigenvalue weighted by Gasteiger charge is -2.21. The van der Waals surface area contributed by atoms with Gasteiger partial charge in [0.25, 0.3) is 0 Å². The van der Waals surface area contributed by atoms with E-state index in [9.17, 15) is 13.2 Å². The molecule has 1 amide bonds. The molecule has 1 N–H and O–H groups in total. The molecule has 20 heavy (non-hydrogen) atoms. The van der Waals surface area contributed by atoms with Crippen molar-refractivity contribution in [2.24, 2.45) is 5.41 Å². The maximum atomic E-state index is 11.7. The minimum Gasteiger partial charge on any atom is -0.360 e. The van der Waals surface area contributed by atoms with E-state index in [2.05, 4.69) is 10.5 Å². The third-order valence-electron chi connectivity index (χ3n) is 2.55. The van der Waals surface area contributed by atoms with Crippen molar-refractivity contribution in [1.29, 1.82) is 0 Å². The van der Waals surface area contributed by atoms with Crippen LogP contribution < -0.4 is 9.62 Å². The standard InChI is InChI=1S/C12H21N3O4S/c1-9-8-10(14-19-9)15(20(5,17)18)7-6-13-11(16)12(2,3)4/h8H,6-7H2,1-5H3,(H,13,16). The predicted octanol–water partition coefficient (Wildman–Crippen LogP) is 0.911. The number of rotatable bonds is 5. The van der Waals surface area contributed by atoms with Gasteiger partial charge in [-0.05, 0) is 6.92 Å². The molecule has 0 fully saturated rings. The zero-order valence-electron chi connectivity index (χ0n) is 12.4. The van der Waals surface area contributed by atoms with E-state index in [1.807, 2.05) is 0 Å². The van der Waals surface area contributed by atoms with Crippen molar-refractivity contribution in [2.75, 3.05) is 23.7 Å². The Kier molecular flexibility index (Phi) is 4.80. The number of carbonyl (C=O) groups is 1. The molecule has 0 aromatic carbocycles. The first-order chi connectivity index (χ1) is 9.01. The van der Waals surface area contributed by atoms with Gasteiger partial charge in [0.05, 0.1) is 12.8 Å². The Labute approximate surface area is 119 Å². The van der Waals surface area contributed by atoms with Gasteiger partial charge in [0.2, 0.25) is 15.9 Å². The van der Waals surface area contributed by atoms with Crippen molar-refractivity contribution >= 4 is 21.7 Å². The molecule has 0 aliphatic rings. The molecule has 0 saturated heterocycles. The SMILES string of the molecule is Cc1cc(N(CCNC(=O)C(C)(C)C)S(C)(=O)=O)no1. The summed E-state index contributed by atoms with van der Waals surface area (Å²) in [5, 5.41) is 6.39. The van der Waals surface area contributed by atoms with Gasteiger partial charge in [-0.1, -0.05) is 25.9 Å². The van der Waals surface area contributed by atoms with Crippen LogP contribution in [0.1, 0.15) is 26.5 Å². The van der Waals surface area contributed by atoms with Gasteiger partial charge in [0.1, 0.15) is 5.76 Å². The van der Waals surface area contributed by atoms with E-state index in [1.165, 1.54) is 6.07 Å². The normalized spacial score (nSPS) is 12.2. The Morgan fingerprint density at radius 1 is 1.45 bits per heavy atom. The van der Waals surface area contributed by atoms with Crippen LogP contribution in [0.4, 0.5) is 5.82 Å². The molecule has 7 nitrogen and oxygen atoms in total. The second-order valence-corrected chi connectivity index (χ2v) is 7.54. The summed E-state index contributed by atoms with van der Waals surface area (Å²) in [6.45, 7) is 7.35. The van der Waals surface area contributed by atoms with Gasteiger partial charge in [0, 0.05) is 18.0 Å². The lowest BCUT2D eigenvalue weighted by Crippen LogP contribution is -2.41. The maximum Gasteiger partial charge on any atom is 0.233 e. The molecule has 1 heterocycles. The monoisotopic (exact) mass is 303 g/mol. The summed E-state index contributed by atoms with van der Waals surface area (Å²) in [6, 6.07) is 1.53. The van der Waals surface area contributed by atoms with Crippen LogP contribution in [-0.2, 0) is 14.8 Å². The van der Waals surface area contributed by atoms with Crippen molar-refractivity contribution in [2.45, 2.75) is 27.7 Å². The van der Waals surface area contributed by atoms with Crippen LogP contribution in [0, 0.1) is 12.3 Å². The van der Waals surface area contributed by atoms with E-state index >= 15 is 0 Å². The molecule has 0 spiro atoms. The molecule has 8 heteroatoms. The summed E-state index contributed by atoms with van der Waals surface area (Å²) < 4.78 is 29.5. The highest BCUT2D eigenvalue weighted by Crippen LogP contribution is 2.16. The first-order valence-corrected chi connectivity index (χ1v) is 8.06. The van der Waals surface area contributed by atoms with E-state index in [0.717, 1.165) is 10.6 Å². The van der Waals surface area contributed by atoms with Gasteiger partial charge in [-0.25, -0.2) is 12.7 Å². The van der Waals surface area contributed by atoms with Crippen LogP contribution in [0.3, 0.4) is 0 Å². The molecule has 0 aliphatic carbocycles. The predicted molar refractivity (Wildman–Crippen MR) is 75.9 cm³/mol. The number of hydrogen-bond donors (Lipinski definition) is 1. The van der Waals surface area contributed by atoms with Crippen LogP contribution in [-0.4, -0.2) is 38.8 Å². The maximum absolute atomic E-state index is 11.7. The van der Waals surface area contributed by atoms with Crippen molar-refractivity contribution in [3.63, 3.8) is 0 Å².